The average molecular weight is 360 g/mol. The third-order valence-corrected chi connectivity index (χ3v) is 3.50. The molecule has 0 saturated carbocycles. The molecular weight excluding hydrogens is 344 g/mol. The quantitative estimate of drug-likeness (QED) is 0.296. The van der Waals surface area contributed by atoms with Crippen LogP contribution in [0.4, 0.5) is 17.6 Å². The van der Waals surface area contributed by atoms with Gasteiger partial charge in [0.2, 0.25) is 0 Å². The first-order chi connectivity index (χ1) is 11.3. The average Bonchev–Trinajstić information content (AvgIpc) is 2.60. The molecular formula is C12H16F4N2O6. The summed E-state index contributed by atoms with van der Waals surface area (Å²) >= 11 is 0. The summed E-state index contributed by atoms with van der Waals surface area (Å²) in [7, 11) is 0. The Kier molecular flexibility index (Phi) is 5.96. The van der Waals surface area contributed by atoms with Crippen LogP contribution in [-0.4, -0.2) is 86.4 Å². The Labute approximate surface area is 134 Å². The highest BCUT2D eigenvalue weighted by Crippen LogP contribution is 2.25. The molecule has 0 N–H and O–H groups in total. The van der Waals surface area contributed by atoms with Crippen LogP contribution in [0.2, 0.25) is 0 Å². The van der Waals surface area contributed by atoms with Gasteiger partial charge in [-0.05, 0) is 0 Å². The maximum absolute atomic E-state index is 13.8. The van der Waals surface area contributed by atoms with Crippen LogP contribution in [0.15, 0.2) is 0 Å². The second-order valence-corrected chi connectivity index (χ2v) is 5.02. The van der Waals surface area contributed by atoms with E-state index in [1.165, 1.54) is 0 Å². The standard InChI is InChI=1S/C12H16F4N2O6/c13-11(14,17-1-5-21-6-2-17)9(19)23-24-10(20)12(15,16)18-3-7-22-8-4-18/h1-8H2. The van der Waals surface area contributed by atoms with E-state index in [1.54, 1.807) is 0 Å². The number of hydrogen-bond acceptors (Lipinski definition) is 8. The smallest absolute Gasteiger partial charge is 0.379 e. The van der Waals surface area contributed by atoms with Gasteiger partial charge in [-0.25, -0.2) is 29.2 Å². The second kappa shape index (κ2) is 7.59. The van der Waals surface area contributed by atoms with Gasteiger partial charge in [0, 0.05) is 26.2 Å². The molecule has 0 spiro atoms. The summed E-state index contributed by atoms with van der Waals surface area (Å²) in [5.41, 5.74) is 0. The molecule has 2 saturated heterocycles. The van der Waals surface area contributed by atoms with E-state index in [1.807, 2.05) is 0 Å². The molecule has 0 aromatic carbocycles. The van der Waals surface area contributed by atoms with Gasteiger partial charge in [-0.1, -0.05) is 0 Å². The summed E-state index contributed by atoms with van der Waals surface area (Å²) < 4.78 is 64.9. The summed E-state index contributed by atoms with van der Waals surface area (Å²) in [5, 5.41) is 0. The summed E-state index contributed by atoms with van der Waals surface area (Å²) in [6.07, 6.45) is 0. The van der Waals surface area contributed by atoms with Gasteiger partial charge in [-0.15, -0.1) is 0 Å². The molecule has 0 aromatic rings. The van der Waals surface area contributed by atoms with Crippen molar-refractivity contribution in [1.29, 1.82) is 0 Å². The van der Waals surface area contributed by atoms with E-state index in [4.69, 9.17) is 9.47 Å². The number of alkyl halides is 4. The van der Waals surface area contributed by atoms with Crippen molar-refractivity contribution in [2.24, 2.45) is 0 Å². The minimum Gasteiger partial charge on any atom is -0.379 e. The molecule has 0 aromatic heterocycles. The lowest BCUT2D eigenvalue weighted by molar-refractivity contribution is -0.307. The molecule has 8 nitrogen and oxygen atoms in total. The van der Waals surface area contributed by atoms with Gasteiger partial charge in [0.05, 0.1) is 26.4 Å². The lowest BCUT2D eigenvalue weighted by atomic mass is 10.3. The van der Waals surface area contributed by atoms with Crippen LogP contribution in [0, 0.1) is 0 Å². The molecule has 2 aliphatic rings. The summed E-state index contributed by atoms with van der Waals surface area (Å²) in [5.74, 6) is -4.51. The molecule has 0 amide bonds. The maximum Gasteiger partial charge on any atom is 0.440 e. The van der Waals surface area contributed by atoms with Gasteiger partial charge in [0.25, 0.3) is 0 Å². The first kappa shape index (κ1) is 18.8. The minimum absolute atomic E-state index is 0.0300. The van der Waals surface area contributed by atoms with E-state index in [-0.39, 0.29) is 52.6 Å². The predicted octanol–water partition coefficient (Wildman–Crippen LogP) is -0.162. The van der Waals surface area contributed by atoms with E-state index in [0.29, 0.717) is 9.80 Å². The zero-order valence-electron chi connectivity index (χ0n) is 12.5. The number of rotatable bonds is 4. The van der Waals surface area contributed by atoms with Crippen LogP contribution >= 0.6 is 0 Å². The van der Waals surface area contributed by atoms with Crippen molar-refractivity contribution in [1.82, 2.24) is 9.80 Å². The fraction of sp³-hybridized carbons (Fsp3) is 0.833. The van der Waals surface area contributed by atoms with Crippen molar-refractivity contribution >= 4 is 11.9 Å². The Morgan fingerprint density at radius 3 is 1.29 bits per heavy atom. The fourth-order valence-electron chi connectivity index (χ4n) is 2.12. The zero-order valence-corrected chi connectivity index (χ0v) is 12.5. The highest BCUT2D eigenvalue weighted by atomic mass is 19.3. The molecule has 0 radical (unpaired) electrons. The molecule has 24 heavy (non-hydrogen) atoms. The number of carbonyl (C=O) groups is 2. The third kappa shape index (κ3) is 4.12. The van der Waals surface area contributed by atoms with Gasteiger partial charge in [0.1, 0.15) is 0 Å². The van der Waals surface area contributed by atoms with E-state index in [2.05, 4.69) is 9.78 Å². The van der Waals surface area contributed by atoms with Crippen LogP contribution in [0.25, 0.3) is 0 Å². The van der Waals surface area contributed by atoms with Gasteiger partial charge < -0.3 is 9.47 Å². The van der Waals surface area contributed by atoms with E-state index in [9.17, 15) is 27.2 Å². The second-order valence-electron chi connectivity index (χ2n) is 5.02. The SMILES string of the molecule is O=C(OOC(=O)C(F)(F)N1CCOCC1)C(F)(F)N1CCOCC1. The van der Waals surface area contributed by atoms with Crippen molar-refractivity contribution < 1.29 is 46.4 Å². The highest BCUT2D eigenvalue weighted by Gasteiger charge is 2.52. The Balaban J connectivity index is 1.88. The molecule has 2 heterocycles. The lowest BCUT2D eigenvalue weighted by Gasteiger charge is -2.32. The van der Waals surface area contributed by atoms with Crippen LogP contribution in [-0.2, 0) is 28.8 Å². The summed E-state index contributed by atoms with van der Waals surface area (Å²) in [6.45, 7) is -1.18. The summed E-state index contributed by atoms with van der Waals surface area (Å²) in [6, 6.07) is -8.25. The van der Waals surface area contributed by atoms with Crippen molar-refractivity contribution in [2.75, 3.05) is 52.6 Å². The van der Waals surface area contributed by atoms with Crippen molar-refractivity contribution in [2.45, 2.75) is 12.1 Å². The normalized spacial score (nSPS) is 21.3. The number of hydrogen-bond donors (Lipinski definition) is 0. The molecule has 0 bridgehead atoms. The number of morpholine rings is 2. The maximum atomic E-state index is 13.8. The van der Waals surface area contributed by atoms with Gasteiger partial charge >= 0.3 is 24.0 Å². The van der Waals surface area contributed by atoms with Gasteiger partial charge in [-0.2, -0.15) is 17.6 Å². The molecule has 2 aliphatic heterocycles. The molecule has 138 valence electrons. The monoisotopic (exact) mass is 360 g/mol. The largest absolute Gasteiger partial charge is 0.440 e. The molecule has 0 atom stereocenters. The van der Waals surface area contributed by atoms with Crippen LogP contribution < -0.4 is 0 Å². The minimum atomic E-state index is -4.13. The number of ether oxygens (including phenoxy) is 2. The van der Waals surface area contributed by atoms with Crippen molar-refractivity contribution in [3.05, 3.63) is 0 Å². The van der Waals surface area contributed by atoms with Gasteiger partial charge in [-0.3, -0.25) is 0 Å². The van der Waals surface area contributed by atoms with E-state index < -0.39 is 24.0 Å². The van der Waals surface area contributed by atoms with E-state index in [0.717, 1.165) is 0 Å². The molecule has 0 aliphatic carbocycles. The van der Waals surface area contributed by atoms with E-state index >= 15 is 0 Å². The Hall–Kier alpha value is -1.50. The first-order valence-corrected chi connectivity index (χ1v) is 7.11. The number of carbonyl (C=O) groups excluding carboxylic acids is 2. The van der Waals surface area contributed by atoms with Crippen molar-refractivity contribution in [3.8, 4) is 0 Å². The zero-order chi connectivity index (χ0) is 17.8. The first-order valence-electron chi connectivity index (χ1n) is 7.11. The molecule has 0 unspecified atom stereocenters. The highest BCUT2D eigenvalue weighted by molar-refractivity contribution is 5.80. The predicted molar refractivity (Wildman–Crippen MR) is 66.9 cm³/mol. The van der Waals surface area contributed by atoms with Crippen LogP contribution in [0.3, 0.4) is 0 Å². The molecule has 2 rings (SSSR count). The number of halogens is 4. The Bertz CT molecular complexity index is 424. The topological polar surface area (TPSA) is 77.5 Å². The molecule has 2 fully saturated rings. The lowest BCUT2D eigenvalue weighted by Crippen LogP contribution is -2.55. The molecule has 12 heteroatoms. The Morgan fingerprint density at radius 2 is 1.00 bits per heavy atom. The van der Waals surface area contributed by atoms with Gasteiger partial charge in [0.15, 0.2) is 0 Å². The third-order valence-electron chi connectivity index (χ3n) is 3.50. The van der Waals surface area contributed by atoms with Crippen molar-refractivity contribution in [3.63, 3.8) is 0 Å². The Morgan fingerprint density at radius 1 is 0.708 bits per heavy atom. The fourth-order valence-corrected chi connectivity index (χ4v) is 2.12. The summed E-state index contributed by atoms with van der Waals surface area (Å²) in [4.78, 5) is 30.9. The number of nitrogens with zero attached hydrogens (tertiary/aromatic N) is 2. The van der Waals surface area contributed by atoms with Crippen LogP contribution in [0.1, 0.15) is 0 Å². The van der Waals surface area contributed by atoms with Crippen LogP contribution in [0.5, 0.6) is 0 Å².